The Morgan fingerprint density at radius 3 is 2.10 bits per heavy atom. The summed E-state index contributed by atoms with van der Waals surface area (Å²) in [5, 5.41) is 0. The fourth-order valence-electron chi connectivity index (χ4n) is 1.59. The van der Waals surface area contributed by atoms with E-state index in [1.807, 2.05) is 0 Å². The first-order chi connectivity index (χ1) is 9.81. The number of esters is 3. The first kappa shape index (κ1) is 19.1. The Morgan fingerprint density at radius 1 is 0.905 bits per heavy atom. The van der Waals surface area contributed by atoms with Crippen LogP contribution >= 0.6 is 0 Å². The zero-order chi connectivity index (χ0) is 16.3. The Kier molecular flexibility index (Phi) is 9.92. The van der Waals surface area contributed by atoms with Crippen molar-refractivity contribution < 1.29 is 28.6 Å². The van der Waals surface area contributed by atoms with Crippen LogP contribution in [0.4, 0.5) is 0 Å². The van der Waals surface area contributed by atoms with Gasteiger partial charge in [-0.2, -0.15) is 0 Å². The maximum Gasteiger partial charge on any atom is 0.330 e. The van der Waals surface area contributed by atoms with E-state index in [1.165, 1.54) is 19.9 Å². The van der Waals surface area contributed by atoms with Crippen molar-refractivity contribution in [3.05, 3.63) is 11.6 Å². The predicted molar refractivity (Wildman–Crippen MR) is 76.4 cm³/mol. The van der Waals surface area contributed by atoms with Gasteiger partial charge in [0.25, 0.3) is 0 Å². The third-order valence-electron chi connectivity index (χ3n) is 2.40. The molecule has 0 aliphatic heterocycles. The fourth-order valence-corrected chi connectivity index (χ4v) is 1.59. The molecule has 0 amide bonds. The van der Waals surface area contributed by atoms with Crippen molar-refractivity contribution in [1.82, 2.24) is 0 Å². The van der Waals surface area contributed by atoms with Crippen LogP contribution in [0, 0.1) is 0 Å². The van der Waals surface area contributed by atoms with E-state index in [4.69, 9.17) is 14.2 Å². The highest BCUT2D eigenvalue weighted by Crippen LogP contribution is 2.09. The van der Waals surface area contributed by atoms with Gasteiger partial charge < -0.3 is 14.2 Å². The monoisotopic (exact) mass is 300 g/mol. The topological polar surface area (TPSA) is 78.9 Å². The van der Waals surface area contributed by atoms with Gasteiger partial charge in [0.2, 0.25) is 0 Å². The summed E-state index contributed by atoms with van der Waals surface area (Å²) in [4.78, 5) is 33.0. The average Bonchev–Trinajstić information content (AvgIpc) is 2.32. The van der Waals surface area contributed by atoms with Crippen molar-refractivity contribution >= 4 is 17.9 Å². The second-order valence-electron chi connectivity index (χ2n) is 4.89. The molecule has 120 valence electrons. The molecule has 6 heteroatoms. The Hall–Kier alpha value is -1.85. The lowest BCUT2D eigenvalue weighted by molar-refractivity contribution is -0.149. The summed E-state index contributed by atoms with van der Waals surface area (Å²) in [6.45, 7) is 6.73. The van der Waals surface area contributed by atoms with E-state index < -0.39 is 5.97 Å². The van der Waals surface area contributed by atoms with Crippen molar-refractivity contribution in [2.45, 2.75) is 53.1 Å². The minimum atomic E-state index is -0.406. The zero-order valence-corrected chi connectivity index (χ0v) is 13.1. The Bertz CT molecular complexity index is 382. The number of rotatable bonds is 9. The summed E-state index contributed by atoms with van der Waals surface area (Å²) in [6, 6.07) is 0. The molecule has 0 unspecified atom stereocenters. The van der Waals surface area contributed by atoms with Gasteiger partial charge >= 0.3 is 17.9 Å². The van der Waals surface area contributed by atoms with Crippen LogP contribution < -0.4 is 0 Å². The molecule has 1 atom stereocenters. The average molecular weight is 300 g/mol. The van der Waals surface area contributed by atoms with Crippen LogP contribution in [-0.2, 0) is 28.6 Å². The lowest BCUT2D eigenvalue weighted by Crippen LogP contribution is -2.20. The summed E-state index contributed by atoms with van der Waals surface area (Å²) in [5.74, 6) is -1.13. The van der Waals surface area contributed by atoms with Crippen LogP contribution in [0.3, 0.4) is 0 Å². The standard InChI is InChI=1S/C15H24O6/c1-11(2)10-15(18)20-9-7-14(21-13(4)17)6-5-8-19-12(3)16/h10,14H,5-9H2,1-4H3/t14-/m1/s1. The molecule has 0 heterocycles. The first-order valence-corrected chi connectivity index (χ1v) is 6.93. The normalized spacial score (nSPS) is 11.2. The maximum atomic E-state index is 11.3. The highest BCUT2D eigenvalue weighted by molar-refractivity contribution is 5.82. The molecule has 0 aliphatic rings. The van der Waals surface area contributed by atoms with Crippen molar-refractivity contribution in [3.63, 3.8) is 0 Å². The SMILES string of the molecule is CC(=O)OCCC[C@H](CCOC(=O)C=C(C)C)OC(C)=O. The molecule has 0 saturated carbocycles. The van der Waals surface area contributed by atoms with E-state index >= 15 is 0 Å². The fraction of sp³-hybridized carbons (Fsp3) is 0.667. The second kappa shape index (κ2) is 10.9. The van der Waals surface area contributed by atoms with E-state index in [0.717, 1.165) is 5.57 Å². The summed E-state index contributed by atoms with van der Waals surface area (Å²) in [5.41, 5.74) is 0.859. The number of hydrogen-bond acceptors (Lipinski definition) is 6. The Labute approximate surface area is 125 Å². The smallest absolute Gasteiger partial charge is 0.330 e. The van der Waals surface area contributed by atoms with Crippen LogP contribution in [0.25, 0.3) is 0 Å². The van der Waals surface area contributed by atoms with Gasteiger partial charge in [-0.25, -0.2) is 4.79 Å². The third kappa shape index (κ3) is 12.9. The van der Waals surface area contributed by atoms with E-state index in [-0.39, 0.29) is 31.3 Å². The van der Waals surface area contributed by atoms with Gasteiger partial charge in [0.1, 0.15) is 6.10 Å². The molecule has 0 N–H and O–H groups in total. The van der Waals surface area contributed by atoms with E-state index in [9.17, 15) is 14.4 Å². The quantitative estimate of drug-likeness (QED) is 0.281. The second-order valence-corrected chi connectivity index (χ2v) is 4.89. The highest BCUT2D eigenvalue weighted by atomic mass is 16.6. The zero-order valence-electron chi connectivity index (χ0n) is 13.1. The van der Waals surface area contributed by atoms with Gasteiger partial charge in [0.15, 0.2) is 0 Å². The Balaban J connectivity index is 4.06. The van der Waals surface area contributed by atoms with Crippen molar-refractivity contribution in [3.8, 4) is 0 Å². The number of carbonyl (C=O) groups is 3. The van der Waals surface area contributed by atoms with Crippen LogP contribution in [-0.4, -0.2) is 37.2 Å². The molecule has 0 rings (SSSR count). The van der Waals surface area contributed by atoms with E-state index in [0.29, 0.717) is 19.3 Å². The van der Waals surface area contributed by atoms with Gasteiger partial charge in [-0.1, -0.05) is 5.57 Å². The van der Waals surface area contributed by atoms with E-state index in [1.54, 1.807) is 13.8 Å². The van der Waals surface area contributed by atoms with E-state index in [2.05, 4.69) is 0 Å². The lowest BCUT2D eigenvalue weighted by Gasteiger charge is -2.16. The largest absolute Gasteiger partial charge is 0.466 e. The molecule has 21 heavy (non-hydrogen) atoms. The molecule has 0 aliphatic carbocycles. The minimum absolute atomic E-state index is 0.175. The number of hydrogen-bond donors (Lipinski definition) is 0. The molecule has 0 saturated heterocycles. The summed E-state index contributed by atoms with van der Waals surface area (Å²) in [7, 11) is 0. The molecule has 0 fully saturated rings. The molecule has 0 radical (unpaired) electrons. The summed E-state index contributed by atoms with van der Waals surface area (Å²) >= 11 is 0. The molecule has 6 nitrogen and oxygen atoms in total. The molecule has 0 aromatic carbocycles. The van der Waals surface area contributed by atoms with Gasteiger partial charge in [-0.15, -0.1) is 0 Å². The lowest BCUT2D eigenvalue weighted by atomic mass is 10.1. The van der Waals surface area contributed by atoms with Crippen LogP contribution in [0.5, 0.6) is 0 Å². The minimum Gasteiger partial charge on any atom is -0.466 e. The van der Waals surface area contributed by atoms with Gasteiger partial charge in [0, 0.05) is 26.3 Å². The molecule has 0 bridgehead atoms. The number of ether oxygens (including phenoxy) is 3. The summed E-state index contributed by atoms with van der Waals surface area (Å²) in [6.07, 6.45) is 2.60. The Morgan fingerprint density at radius 2 is 1.57 bits per heavy atom. The van der Waals surface area contributed by atoms with Crippen LogP contribution in [0.1, 0.15) is 47.0 Å². The number of carbonyl (C=O) groups excluding carboxylic acids is 3. The molecule has 0 aromatic rings. The predicted octanol–water partition coefficient (Wildman–Crippen LogP) is 2.16. The van der Waals surface area contributed by atoms with Crippen molar-refractivity contribution in [2.75, 3.05) is 13.2 Å². The highest BCUT2D eigenvalue weighted by Gasteiger charge is 2.13. The number of allylic oxidation sites excluding steroid dienone is 1. The maximum absolute atomic E-state index is 11.3. The summed E-state index contributed by atoms with van der Waals surface area (Å²) < 4.78 is 15.0. The molecular weight excluding hydrogens is 276 g/mol. The van der Waals surface area contributed by atoms with Gasteiger partial charge in [0.05, 0.1) is 13.2 Å². The first-order valence-electron chi connectivity index (χ1n) is 6.93. The molecule has 0 spiro atoms. The van der Waals surface area contributed by atoms with Crippen molar-refractivity contribution in [1.29, 1.82) is 0 Å². The van der Waals surface area contributed by atoms with Crippen molar-refractivity contribution in [2.24, 2.45) is 0 Å². The van der Waals surface area contributed by atoms with Crippen LogP contribution in [0.2, 0.25) is 0 Å². The molecule has 0 aromatic heterocycles. The third-order valence-corrected chi connectivity index (χ3v) is 2.40. The van der Waals surface area contributed by atoms with Crippen LogP contribution in [0.15, 0.2) is 11.6 Å². The van der Waals surface area contributed by atoms with Gasteiger partial charge in [-0.05, 0) is 26.7 Å². The molecular formula is C15H24O6. The van der Waals surface area contributed by atoms with Gasteiger partial charge in [-0.3, -0.25) is 9.59 Å².